The first-order chi connectivity index (χ1) is 34.2. The summed E-state index contributed by atoms with van der Waals surface area (Å²) >= 11 is 0. The van der Waals surface area contributed by atoms with Crippen molar-refractivity contribution in [1.29, 1.82) is 0 Å². The van der Waals surface area contributed by atoms with Gasteiger partial charge in [0, 0.05) is 34.1 Å². The van der Waals surface area contributed by atoms with E-state index in [-0.39, 0.29) is 0 Å². The summed E-state index contributed by atoms with van der Waals surface area (Å²) < 4.78 is 0. The van der Waals surface area contributed by atoms with Gasteiger partial charge in [-0.25, -0.2) is 0 Å². The van der Waals surface area contributed by atoms with Crippen LogP contribution in [0, 0.1) is 0 Å². The zero-order chi connectivity index (χ0) is 46.9. The highest BCUT2D eigenvalue weighted by atomic mass is 28.3. The molecule has 70 heavy (non-hydrogen) atoms. The highest BCUT2D eigenvalue weighted by Crippen LogP contribution is 2.45. The molecule has 0 unspecified atom stereocenters. The van der Waals surface area contributed by atoms with E-state index < -0.39 is 16.1 Å². The van der Waals surface area contributed by atoms with Crippen molar-refractivity contribution >= 4 is 125 Å². The number of anilines is 6. The minimum Gasteiger partial charge on any atom is -0.310 e. The van der Waals surface area contributed by atoms with Crippen LogP contribution in [0.4, 0.5) is 34.1 Å². The van der Waals surface area contributed by atoms with Crippen molar-refractivity contribution < 1.29 is 0 Å². The standard InChI is InChI=1S/C66H50N2Si2/c1-69(2)61-23-13-22-59-65-58-35-33-56(68(53-30-26-45-16-7-11-20-49(45)38-53)54-31-27-46-17-8-12-21-50(46)39-54)41-63(58)70(3,4)64(65)42-60(66(59)61)57-34-32-55(40-62(57)69)67(51-28-24-43-14-5-9-18-47(43)36-51)52-29-25-44-15-6-10-19-48(44)37-52/h5-42H,1-4H3. The van der Waals surface area contributed by atoms with Crippen LogP contribution < -0.4 is 30.5 Å². The summed E-state index contributed by atoms with van der Waals surface area (Å²) in [6.45, 7) is 10.3. The second kappa shape index (κ2) is 15.2. The molecule has 2 aliphatic heterocycles. The Hall–Kier alpha value is -8.03. The Labute approximate surface area is 411 Å². The van der Waals surface area contributed by atoms with Crippen molar-refractivity contribution in [3.8, 4) is 22.3 Å². The van der Waals surface area contributed by atoms with E-state index in [1.54, 1.807) is 0 Å². The van der Waals surface area contributed by atoms with Gasteiger partial charge in [0.05, 0.1) is 0 Å². The minimum absolute atomic E-state index is 1.16. The Kier molecular flexibility index (Phi) is 8.92. The number of fused-ring (bicyclic) bond motifs is 10. The van der Waals surface area contributed by atoms with Gasteiger partial charge < -0.3 is 9.80 Å². The van der Waals surface area contributed by atoms with Crippen LogP contribution in [0.25, 0.3) is 76.1 Å². The van der Waals surface area contributed by atoms with Gasteiger partial charge in [-0.3, -0.25) is 0 Å². The molecule has 0 amide bonds. The molecule has 0 aliphatic carbocycles. The summed E-state index contributed by atoms with van der Waals surface area (Å²) in [5.41, 5.74) is 12.7. The van der Waals surface area contributed by atoms with Crippen LogP contribution in [-0.2, 0) is 0 Å². The zero-order valence-electron chi connectivity index (χ0n) is 39.8. The van der Waals surface area contributed by atoms with Crippen molar-refractivity contribution in [2.75, 3.05) is 9.80 Å². The Morgan fingerprint density at radius 3 is 1.06 bits per heavy atom. The highest BCUT2D eigenvalue weighted by Gasteiger charge is 2.43. The fraction of sp³-hybridized carbons (Fsp3) is 0.0606. The third-order valence-electron chi connectivity index (χ3n) is 15.9. The quantitative estimate of drug-likeness (QED) is 0.153. The first-order valence-corrected chi connectivity index (χ1v) is 30.7. The van der Waals surface area contributed by atoms with Crippen LogP contribution in [-0.4, -0.2) is 16.1 Å². The lowest BCUT2D eigenvalue weighted by atomic mass is 9.91. The molecule has 0 fully saturated rings. The summed E-state index contributed by atoms with van der Waals surface area (Å²) in [6.07, 6.45) is 0. The van der Waals surface area contributed by atoms with Crippen LogP contribution in [0.5, 0.6) is 0 Å². The van der Waals surface area contributed by atoms with Gasteiger partial charge in [-0.05, 0) is 170 Å². The van der Waals surface area contributed by atoms with Crippen LogP contribution in [0.1, 0.15) is 0 Å². The normalized spacial score (nSPS) is 13.9. The lowest BCUT2D eigenvalue weighted by Crippen LogP contribution is -2.56. The molecule has 12 aromatic rings. The molecular formula is C66H50N2Si2. The van der Waals surface area contributed by atoms with Gasteiger partial charge in [0.15, 0.2) is 0 Å². The van der Waals surface area contributed by atoms with Crippen molar-refractivity contribution in [2.45, 2.75) is 26.2 Å². The fourth-order valence-electron chi connectivity index (χ4n) is 12.3. The Balaban J connectivity index is 0.931. The minimum atomic E-state index is -2.25. The Morgan fingerprint density at radius 2 is 0.614 bits per heavy atom. The molecule has 2 heterocycles. The summed E-state index contributed by atoms with van der Waals surface area (Å²) in [7, 11) is -4.50. The average Bonchev–Trinajstić information content (AvgIpc) is 3.62. The molecule has 0 saturated heterocycles. The van der Waals surface area contributed by atoms with E-state index in [4.69, 9.17) is 0 Å². The molecule has 12 aromatic carbocycles. The lowest BCUT2D eigenvalue weighted by molar-refractivity contribution is 1.30. The van der Waals surface area contributed by atoms with Gasteiger partial charge >= 0.3 is 0 Å². The lowest BCUT2D eigenvalue weighted by Gasteiger charge is -2.36. The van der Waals surface area contributed by atoms with Gasteiger partial charge in [0.25, 0.3) is 0 Å². The molecule has 0 radical (unpaired) electrons. The summed E-state index contributed by atoms with van der Waals surface area (Å²) in [5.74, 6) is 0. The number of hydrogen-bond donors (Lipinski definition) is 0. The van der Waals surface area contributed by atoms with E-state index in [0.717, 1.165) is 22.7 Å². The van der Waals surface area contributed by atoms with E-state index in [1.807, 2.05) is 0 Å². The predicted molar refractivity (Wildman–Crippen MR) is 308 cm³/mol. The van der Waals surface area contributed by atoms with Crippen LogP contribution in [0.15, 0.2) is 231 Å². The van der Waals surface area contributed by atoms with Crippen molar-refractivity contribution in [3.05, 3.63) is 231 Å². The fourth-order valence-corrected chi connectivity index (χ4v) is 18.5. The van der Waals surface area contributed by atoms with E-state index in [1.165, 1.54) is 108 Å². The molecular weight excluding hydrogens is 877 g/mol. The van der Waals surface area contributed by atoms with Crippen LogP contribution in [0.3, 0.4) is 0 Å². The van der Waals surface area contributed by atoms with Crippen molar-refractivity contribution in [1.82, 2.24) is 0 Å². The number of rotatable bonds is 6. The Morgan fingerprint density at radius 1 is 0.257 bits per heavy atom. The number of hydrogen-bond acceptors (Lipinski definition) is 2. The van der Waals surface area contributed by atoms with Gasteiger partial charge in [-0.1, -0.05) is 184 Å². The summed E-state index contributed by atoms with van der Waals surface area (Å²) in [4.78, 5) is 4.95. The van der Waals surface area contributed by atoms with Gasteiger partial charge in [-0.15, -0.1) is 0 Å². The van der Waals surface area contributed by atoms with Gasteiger partial charge in [0.1, 0.15) is 16.1 Å². The summed E-state index contributed by atoms with van der Waals surface area (Å²) in [6, 6.07) is 87.1. The van der Waals surface area contributed by atoms with E-state index >= 15 is 0 Å². The first kappa shape index (κ1) is 41.0. The third-order valence-corrected chi connectivity index (χ3v) is 22.9. The molecule has 0 saturated carbocycles. The predicted octanol–water partition coefficient (Wildman–Crippen LogP) is 16.0. The molecule has 0 N–H and O–H groups in total. The number of benzene rings is 12. The molecule has 0 bridgehead atoms. The van der Waals surface area contributed by atoms with Crippen LogP contribution in [0.2, 0.25) is 26.2 Å². The van der Waals surface area contributed by atoms with Gasteiger partial charge in [-0.2, -0.15) is 0 Å². The molecule has 2 nitrogen and oxygen atoms in total. The Bertz CT molecular complexity index is 4010. The molecule has 4 heteroatoms. The average molecular weight is 927 g/mol. The van der Waals surface area contributed by atoms with E-state index in [0.29, 0.717) is 0 Å². The molecule has 0 aromatic heterocycles. The van der Waals surface area contributed by atoms with E-state index in [2.05, 4.69) is 267 Å². The number of nitrogens with zero attached hydrogens (tertiary/aromatic N) is 2. The molecule has 14 rings (SSSR count). The molecule has 0 spiro atoms. The second-order valence-corrected chi connectivity index (χ2v) is 29.2. The van der Waals surface area contributed by atoms with Crippen molar-refractivity contribution in [3.63, 3.8) is 0 Å². The zero-order valence-corrected chi connectivity index (χ0v) is 41.8. The van der Waals surface area contributed by atoms with Gasteiger partial charge in [0.2, 0.25) is 0 Å². The maximum absolute atomic E-state index is 2.64. The molecule has 2 aliphatic rings. The molecule has 0 atom stereocenters. The third kappa shape index (κ3) is 6.16. The van der Waals surface area contributed by atoms with Crippen molar-refractivity contribution in [2.24, 2.45) is 0 Å². The monoisotopic (exact) mass is 926 g/mol. The topological polar surface area (TPSA) is 6.48 Å². The first-order valence-electron chi connectivity index (χ1n) is 24.7. The van der Waals surface area contributed by atoms with Crippen LogP contribution >= 0.6 is 0 Å². The largest absolute Gasteiger partial charge is 0.310 e. The second-order valence-electron chi connectivity index (χ2n) is 20.6. The summed E-state index contributed by atoms with van der Waals surface area (Å²) in [5, 5.41) is 18.9. The SMILES string of the molecule is C[Si]1(C)c2cc(N(c3ccc4ccccc4c3)c3ccc4ccccc4c3)ccc2-c2c1cc1c3c(cccc23)[Si](C)(C)c2cc(N(c3ccc4ccccc4c3)c3ccc4ccccc4c3)ccc2-1. The highest BCUT2D eigenvalue weighted by molar-refractivity contribution is 7.05. The molecule has 332 valence electrons. The van der Waals surface area contributed by atoms with E-state index in [9.17, 15) is 0 Å². The smallest absolute Gasteiger partial charge is 0.113 e. The maximum Gasteiger partial charge on any atom is 0.113 e. The maximum atomic E-state index is 2.64.